The summed E-state index contributed by atoms with van der Waals surface area (Å²) in [5.41, 5.74) is 8.16. The van der Waals surface area contributed by atoms with Gasteiger partial charge in [-0.3, -0.25) is 0 Å². The molecule has 15 heavy (non-hydrogen) atoms. The summed E-state index contributed by atoms with van der Waals surface area (Å²) in [5, 5.41) is 1.14. The fourth-order valence-electron chi connectivity index (χ4n) is 1.75. The highest BCUT2D eigenvalue weighted by atomic mass is 14.8. The van der Waals surface area contributed by atoms with Gasteiger partial charge in [0.1, 0.15) is 5.65 Å². The minimum atomic E-state index is 0.122. The molecule has 2 aromatic rings. The summed E-state index contributed by atoms with van der Waals surface area (Å²) in [6.45, 7) is 2.18. The second kappa shape index (κ2) is 4.45. The molecule has 2 rings (SSSR count). The molecule has 0 radical (unpaired) electrons. The Morgan fingerprint density at radius 2 is 2.40 bits per heavy atom. The molecule has 0 aliphatic carbocycles. The monoisotopic (exact) mass is 203 g/mol. The molecule has 2 aromatic heterocycles. The van der Waals surface area contributed by atoms with Crippen molar-refractivity contribution in [3.8, 4) is 0 Å². The van der Waals surface area contributed by atoms with Crippen molar-refractivity contribution in [2.24, 2.45) is 5.73 Å². The SMILES string of the molecule is CCCC[C@@H](N)c1cnc2[nH]ccc2c1. The largest absolute Gasteiger partial charge is 0.346 e. The summed E-state index contributed by atoms with van der Waals surface area (Å²) >= 11 is 0. The average molecular weight is 203 g/mol. The van der Waals surface area contributed by atoms with Gasteiger partial charge in [0.15, 0.2) is 0 Å². The van der Waals surface area contributed by atoms with Crippen LogP contribution in [-0.2, 0) is 0 Å². The molecule has 0 amide bonds. The zero-order valence-electron chi connectivity index (χ0n) is 9.03. The standard InChI is InChI=1S/C12H17N3/c1-2-3-4-11(13)10-7-9-5-6-14-12(9)15-8-10/h5-8,11H,2-4,13H2,1H3,(H,14,15)/t11-/m1/s1. The summed E-state index contributed by atoms with van der Waals surface area (Å²) in [6, 6.07) is 4.27. The van der Waals surface area contributed by atoms with Gasteiger partial charge in [0.2, 0.25) is 0 Å². The maximum atomic E-state index is 6.09. The van der Waals surface area contributed by atoms with Crippen molar-refractivity contribution in [3.63, 3.8) is 0 Å². The second-order valence-corrected chi connectivity index (χ2v) is 3.93. The molecule has 0 bridgehead atoms. The Hall–Kier alpha value is -1.35. The van der Waals surface area contributed by atoms with Gasteiger partial charge in [-0.25, -0.2) is 4.98 Å². The van der Waals surface area contributed by atoms with Gasteiger partial charge in [-0.15, -0.1) is 0 Å². The molecule has 3 heteroatoms. The third-order valence-electron chi connectivity index (χ3n) is 2.72. The molecule has 0 saturated carbocycles. The van der Waals surface area contributed by atoms with Crippen LogP contribution in [0.2, 0.25) is 0 Å². The minimum Gasteiger partial charge on any atom is -0.346 e. The molecule has 3 nitrogen and oxygen atoms in total. The normalized spacial score (nSPS) is 13.2. The predicted octanol–water partition coefficient (Wildman–Crippen LogP) is 2.75. The molecule has 80 valence electrons. The van der Waals surface area contributed by atoms with Crippen LogP contribution in [0.3, 0.4) is 0 Å². The van der Waals surface area contributed by atoms with E-state index in [-0.39, 0.29) is 6.04 Å². The highest BCUT2D eigenvalue weighted by Gasteiger charge is 2.06. The Morgan fingerprint density at radius 3 is 3.20 bits per heavy atom. The lowest BCUT2D eigenvalue weighted by Crippen LogP contribution is -2.10. The zero-order valence-corrected chi connectivity index (χ0v) is 9.03. The number of pyridine rings is 1. The molecule has 1 atom stereocenters. The Labute approximate surface area is 89.7 Å². The van der Waals surface area contributed by atoms with Gasteiger partial charge >= 0.3 is 0 Å². The molecule has 0 spiro atoms. The molecular weight excluding hydrogens is 186 g/mol. The Kier molecular flexibility index (Phi) is 3.02. The van der Waals surface area contributed by atoms with E-state index in [1.807, 2.05) is 18.5 Å². The fraction of sp³-hybridized carbons (Fsp3) is 0.417. The quantitative estimate of drug-likeness (QED) is 0.802. The lowest BCUT2D eigenvalue weighted by atomic mass is 10.0. The molecule has 0 aliphatic rings. The molecule has 2 heterocycles. The number of hydrogen-bond donors (Lipinski definition) is 2. The third-order valence-corrected chi connectivity index (χ3v) is 2.72. The van der Waals surface area contributed by atoms with Crippen molar-refractivity contribution in [1.82, 2.24) is 9.97 Å². The number of fused-ring (bicyclic) bond motifs is 1. The first-order valence-corrected chi connectivity index (χ1v) is 5.50. The summed E-state index contributed by atoms with van der Waals surface area (Å²) in [6.07, 6.45) is 7.17. The molecule has 0 aliphatic heterocycles. The van der Waals surface area contributed by atoms with E-state index in [4.69, 9.17) is 5.73 Å². The van der Waals surface area contributed by atoms with Crippen LogP contribution in [0.15, 0.2) is 24.5 Å². The molecule has 0 unspecified atom stereocenters. The van der Waals surface area contributed by atoms with E-state index in [9.17, 15) is 0 Å². The van der Waals surface area contributed by atoms with E-state index in [0.717, 1.165) is 23.0 Å². The summed E-state index contributed by atoms with van der Waals surface area (Å²) < 4.78 is 0. The van der Waals surface area contributed by atoms with Crippen LogP contribution in [-0.4, -0.2) is 9.97 Å². The molecule has 0 aromatic carbocycles. The number of hydrogen-bond acceptors (Lipinski definition) is 2. The van der Waals surface area contributed by atoms with Crippen LogP contribution in [0.1, 0.15) is 37.8 Å². The van der Waals surface area contributed by atoms with Crippen molar-refractivity contribution >= 4 is 11.0 Å². The van der Waals surface area contributed by atoms with Gasteiger partial charge in [0.25, 0.3) is 0 Å². The van der Waals surface area contributed by atoms with Crippen molar-refractivity contribution in [3.05, 3.63) is 30.1 Å². The van der Waals surface area contributed by atoms with Crippen molar-refractivity contribution in [2.45, 2.75) is 32.2 Å². The van der Waals surface area contributed by atoms with E-state index in [2.05, 4.69) is 23.0 Å². The van der Waals surface area contributed by atoms with Crippen LogP contribution < -0.4 is 5.73 Å². The average Bonchev–Trinajstić information content (AvgIpc) is 2.72. The van der Waals surface area contributed by atoms with Gasteiger partial charge < -0.3 is 10.7 Å². The molecule has 0 saturated heterocycles. The van der Waals surface area contributed by atoms with Gasteiger partial charge in [0.05, 0.1) is 0 Å². The summed E-state index contributed by atoms with van der Waals surface area (Å²) in [7, 11) is 0. The van der Waals surface area contributed by atoms with Crippen LogP contribution in [0, 0.1) is 0 Å². The fourth-order valence-corrected chi connectivity index (χ4v) is 1.75. The van der Waals surface area contributed by atoms with Crippen molar-refractivity contribution in [2.75, 3.05) is 0 Å². The number of nitrogens with two attached hydrogens (primary N) is 1. The van der Waals surface area contributed by atoms with Crippen LogP contribution in [0.25, 0.3) is 11.0 Å². The lowest BCUT2D eigenvalue weighted by Gasteiger charge is -2.10. The number of aromatic nitrogens is 2. The Morgan fingerprint density at radius 1 is 1.53 bits per heavy atom. The predicted molar refractivity (Wildman–Crippen MR) is 62.5 cm³/mol. The van der Waals surface area contributed by atoms with Crippen LogP contribution in [0.5, 0.6) is 0 Å². The highest BCUT2D eigenvalue weighted by Crippen LogP contribution is 2.19. The number of unbranched alkanes of at least 4 members (excludes halogenated alkanes) is 1. The van der Waals surface area contributed by atoms with Crippen LogP contribution >= 0.6 is 0 Å². The van der Waals surface area contributed by atoms with Gasteiger partial charge in [-0.2, -0.15) is 0 Å². The van der Waals surface area contributed by atoms with Gasteiger partial charge in [0, 0.05) is 23.8 Å². The first-order valence-electron chi connectivity index (χ1n) is 5.50. The van der Waals surface area contributed by atoms with E-state index >= 15 is 0 Å². The van der Waals surface area contributed by atoms with Crippen molar-refractivity contribution in [1.29, 1.82) is 0 Å². The van der Waals surface area contributed by atoms with Crippen molar-refractivity contribution < 1.29 is 0 Å². The third kappa shape index (κ3) is 2.18. The maximum Gasteiger partial charge on any atom is 0.137 e. The van der Waals surface area contributed by atoms with E-state index < -0.39 is 0 Å². The number of nitrogens with one attached hydrogen (secondary N) is 1. The highest BCUT2D eigenvalue weighted by molar-refractivity contribution is 5.75. The van der Waals surface area contributed by atoms with E-state index in [1.54, 1.807) is 0 Å². The number of nitrogens with zero attached hydrogens (tertiary/aromatic N) is 1. The molecule has 0 fully saturated rings. The number of aromatic amines is 1. The second-order valence-electron chi connectivity index (χ2n) is 3.93. The number of H-pyrrole nitrogens is 1. The zero-order chi connectivity index (χ0) is 10.7. The van der Waals surface area contributed by atoms with Gasteiger partial charge in [-0.05, 0) is 24.1 Å². The number of rotatable bonds is 4. The molecular formula is C12H17N3. The smallest absolute Gasteiger partial charge is 0.137 e. The first-order chi connectivity index (χ1) is 7.31. The Balaban J connectivity index is 2.19. The lowest BCUT2D eigenvalue weighted by molar-refractivity contribution is 0.602. The topological polar surface area (TPSA) is 54.7 Å². The molecule has 3 N–H and O–H groups in total. The van der Waals surface area contributed by atoms with Crippen LogP contribution in [0.4, 0.5) is 0 Å². The Bertz CT molecular complexity index is 433. The maximum absolute atomic E-state index is 6.09. The van der Waals surface area contributed by atoms with E-state index in [0.29, 0.717) is 0 Å². The van der Waals surface area contributed by atoms with Gasteiger partial charge in [-0.1, -0.05) is 19.8 Å². The minimum absolute atomic E-state index is 0.122. The first kappa shape index (κ1) is 10.2. The van der Waals surface area contributed by atoms with E-state index in [1.165, 1.54) is 12.8 Å². The summed E-state index contributed by atoms with van der Waals surface area (Å²) in [4.78, 5) is 7.41. The summed E-state index contributed by atoms with van der Waals surface area (Å²) in [5.74, 6) is 0.